The van der Waals surface area contributed by atoms with E-state index in [1.807, 2.05) is 6.20 Å². The van der Waals surface area contributed by atoms with E-state index in [0.29, 0.717) is 0 Å². The molecule has 0 aliphatic carbocycles. The van der Waals surface area contributed by atoms with E-state index in [-0.39, 0.29) is 0 Å². The highest BCUT2D eigenvalue weighted by Crippen LogP contribution is 1.99. The van der Waals surface area contributed by atoms with Crippen LogP contribution in [0.25, 0.3) is 0 Å². The predicted molar refractivity (Wildman–Crippen MR) is 32.8 cm³/mol. The van der Waals surface area contributed by atoms with Gasteiger partial charge in [-0.15, -0.1) is 0 Å². The van der Waals surface area contributed by atoms with Crippen molar-refractivity contribution in [3.8, 4) is 0 Å². The Morgan fingerprint density at radius 3 is 3.67 bits per heavy atom. The second-order valence-corrected chi connectivity index (χ2v) is 2.16. The highest BCUT2D eigenvalue weighted by molar-refractivity contribution is 4.93. The largest absolute Gasteiger partial charge is 0.332 e. The molecule has 1 aromatic heterocycles. The van der Waals surface area contributed by atoms with Crippen molar-refractivity contribution in [2.45, 2.75) is 13.1 Å². The number of hydrogen-bond donors (Lipinski definition) is 1. The van der Waals surface area contributed by atoms with Gasteiger partial charge in [0.2, 0.25) is 0 Å². The molecular formula is C6H8N3. The first kappa shape index (κ1) is 4.99. The fourth-order valence-electron chi connectivity index (χ4n) is 1.05. The van der Waals surface area contributed by atoms with Crippen LogP contribution in [0.1, 0.15) is 5.82 Å². The van der Waals surface area contributed by atoms with E-state index >= 15 is 0 Å². The third kappa shape index (κ3) is 0.733. The van der Waals surface area contributed by atoms with Crippen LogP contribution in [-0.2, 0) is 13.1 Å². The minimum atomic E-state index is 0.892. The lowest BCUT2D eigenvalue weighted by atomic mass is 10.4. The molecule has 2 heterocycles. The van der Waals surface area contributed by atoms with Crippen molar-refractivity contribution < 1.29 is 0 Å². The third-order valence-corrected chi connectivity index (χ3v) is 1.55. The summed E-state index contributed by atoms with van der Waals surface area (Å²) in [5.41, 5.74) is 0. The molecule has 0 fully saturated rings. The van der Waals surface area contributed by atoms with E-state index < -0.39 is 0 Å². The molecule has 0 amide bonds. The fourth-order valence-corrected chi connectivity index (χ4v) is 1.05. The number of nitrogens with one attached hydrogen (secondary N) is 1. The van der Waals surface area contributed by atoms with Gasteiger partial charge in [0.05, 0.1) is 6.54 Å². The summed E-state index contributed by atoms with van der Waals surface area (Å²) in [6.07, 6.45) is 4.71. The van der Waals surface area contributed by atoms with Crippen LogP contribution in [0.3, 0.4) is 0 Å². The molecule has 1 aliphatic heterocycles. The molecule has 0 spiro atoms. The molecule has 1 aromatic rings. The Hall–Kier alpha value is -0.830. The summed E-state index contributed by atoms with van der Waals surface area (Å²) in [6.45, 7) is 2.98. The molecule has 3 nitrogen and oxygen atoms in total. The third-order valence-electron chi connectivity index (χ3n) is 1.55. The van der Waals surface area contributed by atoms with Crippen LogP contribution in [0.4, 0.5) is 0 Å². The first-order chi connectivity index (χ1) is 4.47. The number of hydrogen-bond acceptors (Lipinski definition) is 2. The first-order valence-electron chi connectivity index (χ1n) is 3.09. The van der Waals surface area contributed by atoms with Gasteiger partial charge in [-0.3, -0.25) is 0 Å². The van der Waals surface area contributed by atoms with Crippen LogP contribution in [0.5, 0.6) is 0 Å². The van der Waals surface area contributed by atoms with Gasteiger partial charge < -0.3 is 9.88 Å². The smallest absolute Gasteiger partial charge is 0.123 e. The SMILES string of the molecule is [c]1cn2c(n1)CNCC2. The number of nitrogens with zero attached hydrogens (tertiary/aromatic N) is 2. The standard InChI is InChI=1S/C6H8N3/c1-3-9-4-2-8-6(9)5-7-1/h4,7H,1,3,5H2. The number of fused-ring (bicyclic) bond motifs is 1. The van der Waals surface area contributed by atoms with Gasteiger partial charge in [0, 0.05) is 19.3 Å². The normalized spacial score (nSPS) is 17.3. The average molecular weight is 122 g/mol. The summed E-state index contributed by atoms with van der Waals surface area (Å²) < 4.78 is 2.12. The summed E-state index contributed by atoms with van der Waals surface area (Å²) in [6, 6.07) is 0. The lowest BCUT2D eigenvalue weighted by Gasteiger charge is -2.13. The lowest BCUT2D eigenvalue weighted by molar-refractivity contribution is 0.505. The van der Waals surface area contributed by atoms with Gasteiger partial charge in [-0.2, -0.15) is 0 Å². The van der Waals surface area contributed by atoms with Crippen LogP contribution >= 0.6 is 0 Å². The Morgan fingerprint density at radius 2 is 2.78 bits per heavy atom. The maximum atomic E-state index is 4.03. The molecular weight excluding hydrogens is 114 g/mol. The molecule has 1 N–H and O–H groups in total. The second-order valence-electron chi connectivity index (χ2n) is 2.16. The fraction of sp³-hybridized carbons (Fsp3) is 0.500. The molecule has 0 unspecified atom stereocenters. The van der Waals surface area contributed by atoms with E-state index in [2.05, 4.69) is 21.1 Å². The van der Waals surface area contributed by atoms with Crippen molar-refractivity contribution in [1.29, 1.82) is 0 Å². The molecule has 0 saturated carbocycles. The van der Waals surface area contributed by atoms with E-state index in [1.165, 1.54) is 0 Å². The van der Waals surface area contributed by atoms with E-state index in [1.54, 1.807) is 0 Å². The van der Waals surface area contributed by atoms with Gasteiger partial charge in [-0.05, 0) is 0 Å². The van der Waals surface area contributed by atoms with Crippen molar-refractivity contribution in [3.05, 3.63) is 18.2 Å². The molecule has 0 saturated heterocycles. The first-order valence-corrected chi connectivity index (χ1v) is 3.09. The lowest BCUT2D eigenvalue weighted by Crippen LogP contribution is -2.27. The van der Waals surface area contributed by atoms with Crippen LogP contribution in [0.2, 0.25) is 0 Å². The quantitative estimate of drug-likeness (QED) is 0.516. The molecule has 1 radical (unpaired) electrons. The maximum Gasteiger partial charge on any atom is 0.123 e. The van der Waals surface area contributed by atoms with Crippen molar-refractivity contribution in [2.75, 3.05) is 6.54 Å². The van der Waals surface area contributed by atoms with Crippen LogP contribution in [0.15, 0.2) is 6.20 Å². The van der Waals surface area contributed by atoms with Crippen molar-refractivity contribution in [1.82, 2.24) is 14.9 Å². The van der Waals surface area contributed by atoms with Gasteiger partial charge in [-0.1, -0.05) is 0 Å². The highest BCUT2D eigenvalue weighted by Gasteiger charge is 2.05. The highest BCUT2D eigenvalue weighted by atomic mass is 15.1. The van der Waals surface area contributed by atoms with Crippen molar-refractivity contribution in [3.63, 3.8) is 0 Å². The van der Waals surface area contributed by atoms with Gasteiger partial charge in [0.15, 0.2) is 0 Å². The zero-order chi connectivity index (χ0) is 6.10. The van der Waals surface area contributed by atoms with Gasteiger partial charge in [0.1, 0.15) is 12.0 Å². The number of rotatable bonds is 0. The molecule has 0 bridgehead atoms. The average Bonchev–Trinajstić information content (AvgIpc) is 2.33. The monoisotopic (exact) mass is 122 g/mol. The Bertz CT molecular complexity index is 183. The molecule has 0 atom stereocenters. The molecule has 47 valence electrons. The number of imidazole rings is 1. The predicted octanol–water partition coefficient (Wildman–Crippen LogP) is -0.214. The minimum absolute atomic E-state index is 0.892. The van der Waals surface area contributed by atoms with Gasteiger partial charge in [-0.25, -0.2) is 4.98 Å². The Labute approximate surface area is 53.7 Å². The second kappa shape index (κ2) is 1.84. The summed E-state index contributed by atoms with van der Waals surface area (Å²) in [4.78, 5) is 4.03. The molecule has 1 aliphatic rings. The van der Waals surface area contributed by atoms with Crippen molar-refractivity contribution >= 4 is 0 Å². The Kier molecular flexibility index (Phi) is 1.02. The van der Waals surface area contributed by atoms with Crippen LogP contribution in [0, 0.1) is 6.20 Å². The molecule has 3 heteroatoms. The Morgan fingerprint density at radius 1 is 1.78 bits per heavy atom. The topological polar surface area (TPSA) is 29.9 Å². The maximum absolute atomic E-state index is 4.03. The molecule has 2 rings (SSSR count). The van der Waals surface area contributed by atoms with E-state index in [0.717, 1.165) is 25.5 Å². The van der Waals surface area contributed by atoms with Gasteiger partial charge in [0.25, 0.3) is 0 Å². The van der Waals surface area contributed by atoms with E-state index in [9.17, 15) is 0 Å². The molecule has 0 aromatic carbocycles. The van der Waals surface area contributed by atoms with E-state index in [4.69, 9.17) is 0 Å². The Balaban J connectivity index is 2.39. The van der Waals surface area contributed by atoms with Gasteiger partial charge >= 0.3 is 0 Å². The minimum Gasteiger partial charge on any atom is -0.332 e. The van der Waals surface area contributed by atoms with Crippen LogP contribution < -0.4 is 5.32 Å². The summed E-state index contributed by atoms with van der Waals surface area (Å²) in [7, 11) is 0. The molecule has 9 heavy (non-hydrogen) atoms. The summed E-state index contributed by atoms with van der Waals surface area (Å²) in [5.74, 6) is 1.10. The zero-order valence-corrected chi connectivity index (χ0v) is 5.09. The summed E-state index contributed by atoms with van der Waals surface area (Å²) >= 11 is 0. The van der Waals surface area contributed by atoms with Crippen LogP contribution in [-0.4, -0.2) is 16.1 Å². The zero-order valence-electron chi connectivity index (χ0n) is 5.09. The number of aromatic nitrogens is 2. The summed E-state index contributed by atoms with van der Waals surface area (Å²) in [5, 5.41) is 3.22. The van der Waals surface area contributed by atoms with Crippen molar-refractivity contribution in [2.24, 2.45) is 0 Å².